The quantitative estimate of drug-likeness (QED) is 0.751. The largest absolute Gasteiger partial charge is 0.326 e. The number of aromatic nitrogens is 1. The molecule has 0 saturated carbocycles. The fourth-order valence-electron chi connectivity index (χ4n) is 1.38. The first-order valence-corrected chi connectivity index (χ1v) is 4.76. The molecule has 0 aliphatic heterocycles. The molecule has 1 N–H and O–H groups in total. The van der Waals surface area contributed by atoms with Crippen LogP contribution >= 0.6 is 15.9 Å². The number of rotatable bonds is 0. The molecule has 2 aromatic rings. The fourth-order valence-corrected chi connectivity index (χ4v) is 1.86. The van der Waals surface area contributed by atoms with Gasteiger partial charge in [-0.1, -0.05) is 22.0 Å². The van der Waals surface area contributed by atoms with Gasteiger partial charge in [0.1, 0.15) is 0 Å². The first-order chi connectivity index (χ1) is 6.18. The Morgan fingerprint density at radius 3 is 2.85 bits per heavy atom. The van der Waals surface area contributed by atoms with E-state index in [2.05, 4.69) is 20.9 Å². The third-order valence-electron chi connectivity index (χ3n) is 1.97. The Hall–Kier alpha value is -1.09. The van der Waals surface area contributed by atoms with Crippen molar-refractivity contribution in [1.29, 1.82) is 0 Å². The molecule has 0 saturated heterocycles. The van der Waals surface area contributed by atoms with E-state index in [1.54, 1.807) is 0 Å². The van der Waals surface area contributed by atoms with Crippen LogP contribution in [0.5, 0.6) is 0 Å². The van der Waals surface area contributed by atoms with Gasteiger partial charge in [0, 0.05) is 20.9 Å². The van der Waals surface area contributed by atoms with Gasteiger partial charge < -0.3 is 4.98 Å². The molecule has 0 fully saturated rings. The molecule has 0 aliphatic carbocycles. The van der Waals surface area contributed by atoms with Crippen LogP contribution in [-0.4, -0.2) is 4.98 Å². The van der Waals surface area contributed by atoms with Gasteiger partial charge in [-0.15, -0.1) is 0 Å². The summed E-state index contributed by atoms with van der Waals surface area (Å²) < 4.78 is 0.958. The van der Waals surface area contributed by atoms with Crippen LogP contribution in [0.3, 0.4) is 0 Å². The normalized spacial score (nSPS) is 10.6. The van der Waals surface area contributed by atoms with Crippen molar-refractivity contribution in [1.82, 2.24) is 4.98 Å². The first-order valence-electron chi connectivity index (χ1n) is 3.96. The van der Waals surface area contributed by atoms with E-state index in [-0.39, 0.29) is 5.56 Å². The van der Waals surface area contributed by atoms with Crippen LogP contribution in [0.1, 0.15) is 5.69 Å². The molecule has 66 valence electrons. The van der Waals surface area contributed by atoms with Crippen LogP contribution in [-0.2, 0) is 0 Å². The highest BCUT2D eigenvalue weighted by Gasteiger charge is 2.01. The number of benzene rings is 1. The molecule has 1 aromatic carbocycles. The van der Waals surface area contributed by atoms with Crippen LogP contribution in [0.15, 0.2) is 33.5 Å². The van der Waals surface area contributed by atoms with Gasteiger partial charge in [-0.3, -0.25) is 4.79 Å². The van der Waals surface area contributed by atoms with Gasteiger partial charge >= 0.3 is 0 Å². The number of nitrogens with one attached hydrogen (secondary N) is 1. The number of fused-ring (bicyclic) bond motifs is 1. The Morgan fingerprint density at radius 2 is 2.08 bits per heavy atom. The summed E-state index contributed by atoms with van der Waals surface area (Å²) in [6, 6.07) is 7.57. The molecule has 0 amide bonds. The Balaban J connectivity index is 3.03. The number of hydrogen-bond donors (Lipinski definition) is 1. The summed E-state index contributed by atoms with van der Waals surface area (Å²) in [5, 5.41) is 1.68. The maximum Gasteiger partial charge on any atom is 0.256 e. The predicted molar refractivity (Wildman–Crippen MR) is 57.0 cm³/mol. The molecule has 3 heteroatoms. The number of halogens is 1. The van der Waals surface area contributed by atoms with Crippen molar-refractivity contribution in [3.05, 3.63) is 44.8 Å². The van der Waals surface area contributed by atoms with E-state index in [1.165, 1.54) is 0 Å². The summed E-state index contributed by atoms with van der Waals surface area (Å²) in [4.78, 5) is 14.2. The minimum absolute atomic E-state index is 0.0312. The second-order valence-corrected chi connectivity index (χ2v) is 3.84. The summed E-state index contributed by atoms with van der Waals surface area (Å²) in [6.07, 6.45) is 0. The van der Waals surface area contributed by atoms with Gasteiger partial charge in [0.25, 0.3) is 5.56 Å². The summed E-state index contributed by atoms with van der Waals surface area (Å²) in [7, 11) is 0. The first kappa shape index (κ1) is 8.51. The van der Waals surface area contributed by atoms with Crippen LogP contribution in [0, 0.1) is 6.92 Å². The monoisotopic (exact) mass is 237 g/mol. The molecule has 2 rings (SSSR count). The number of pyridine rings is 1. The van der Waals surface area contributed by atoms with E-state index in [0.717, 1.165) is 20.9 Å². The number of H-pyrrole nitrogens is 1. The van der Waals surface area contributed by atoms with Crippen LogP contribution in [0.4, 0.5) is 0 Å². The van der Waals surface area contributed by atoms with E-state index >= 15 is 0 Å². The third-order valence-corrected chi connectivity index (χ3v) is 2.66. The molecule has 0 unspecified atom stereocenters. The minimum Gasteiger partial charge on any atom is -0.326 e. The van der Waals surface area contributed by atoms with Crippen molar-refractivity contribution in [2.24, 2.45) is 0 Å². The Kier molecular flexibility index (Phi) is 1.96. The molecule has 0 radical (unpaired) electrons. The summed E-state index contributed by atoms with van der Waals surface area (Å²) in [5.74, 6) is 0. The van der Waals surface area contributed by atoms with Gasteiger partial charge in [0.15, 0.2) is 0 Å². The standard InChI is InChI=1S/C10H8BrNO/c1-6-5-8-7(10(13)12-6)3-2-4-9(8)11/h2-5H,1H3,(H,12,13). The van der Waals surface area contributed by atoms with Gasteiger partial charge in [-0.25, -0.2) is 0 Å². The van der Waals surface area contributed by atoms with E-state index in [9.17, 15) is 4.79 Å². The van der Waals surface area contributed by atoms with Crippen molar-refractivity contribution in [2.45, 2.75) is 6.92 Å². The number of aryl methyl sites for hydroxylation is 1. The molecule has 0 bridgehead atoms. The maximum absolute atomic E-state index is 11.5. The zero-order chi connectivity index (χ0) is 9.42. The average molecular weight is 238 g/mol. The van der Waals surface area contributed by atoms with Crippen molar-refractivity contribution in [3.63, 3.8) is 0 Å². The lowest BCUT2D eigenvalue weighted by Gasteiger charge is -2.00. The van der Waals surface area contributed by atoms with E-state index in [0.29, 0.717) is 0 Å². The minimum atomic E-state index is -0.0312. The second-order valence-electron chi connectivity index (χ2n) is 2.98. The lowest BCUT2D eigenvalue weighted by Crippen LogP contribution is -2.07. The van der Waals surface area contributed by atoms with Gasteiger partial charge in [-0.05, 0) is 25.1 Å². The highest BCUT2D eigenvalue weighted by atomic mass is 79.9. The number of aromatic amines is 1. The zero-order valence-corrected chi connectivity index (χ0v) is 8.68. The highest BCUT2D eigenvalue weighted by Crippen LogP contribution is 2.21. The lowest BCUT2D eigenvalue weighted by molar-refractivity contribution is 1.17. The van der Waals surface area contributed by atoms with E-state index in [4.69, 9.17) is 0 Å². The van der Waals surface area contributed by atoms with E-state index < -0.39 is 0 Å². The molecular formula is C10H8BrNO. The highest BCUT2D eigenvalue weighted by molar-refractivity contribution is 9.10. The second kappa shape index (κ2) is 3.00. The predicted octanol–water partition coefficient (Wildman–Crippen LogP) is 2.60. The molecule has 1 aromatic heterocycles. The molecule has 1 heterocycles. The molecule has 0 atom stereocenters. The Labute approximate surface area is 83.7 Å². The summed E-state index contributed by atoms with van der Waals surface area (Å²) in [5.41, 5.74) is 0.848. The van der Waals surface area contributed by atoms with Gasteiger partial charge in [-0.2, -0.15) is 0 Å². The lowest BCUT2D eigenvalue weighted by atomic mass is 10.1. The maximum atomic E-state index is 11.5. The fraction of sp³-hybridized carbons (Fsp3) is 0.100. The Bertz CT molecular complexity index is 516. The van der Waals surface area contributed by atoms with Crippen molar-refractivity contribution >= 4 is 26.7 Å². The van der Waals surface area contributed by atoms with Crippen LogP contribution in [0.2, 0.25) is 0 Å². The molecule has 2 nitrogen and oxygen atoms in total. The van der Waals surface area contributed by atoms with Gasteiger partial charge in [0.2, 0.25) is 0 Å². The molecule has 0 spiro atoms. The average Bonchev–Trinajstić information content (AvgIpc) is 2.07. The zero-order valence-electron chi connectivity index (χ0n) is 7.10. The smallest absolute Gasteiger partial charge is 0.256 e. The van der Waals surface area contributed by atoms with Crippen LogP contribution < -0.4 is 5.56 Å². The molecule has 0 aliphatic rings. The van der Waals surface area contributed by atoms with Gasteiger partial charge in [0.05, 0.1) is 0 Å². The van der Waals surface area contributed by atoms with Crippen LogP contribution in [0.25, 0.3) is 10.8 Å². The van der Waals surface area contributed by atoms with Crippen molar-refractivity contribution in [2.75, 3.05) is 0 Å². The summed E-state index contributed by atoms with van der Waals surface area (Å²) >= 11 is 3.41. The molecular weight excluding hydrogens is 230 g/mol. The Morgan fingerprint density at radius 1 is 1.31 bits per heavy atom. The third kappa shape index (κ3) is 1.40. The van der Waals surface area contributed by atoms with Crippen molar-refractivity contribution < 1.29 is 0 Å². The molecule has 13 heavy (non-hydrogen) atoms. The summed E-state index contributed by atoms with van der Waals surface area (Å²) in [6.45, 7) is 1.88. The number of hydrogen-bond acceptors (Lipinski definition) is 1. The topological polar surface area (TPSA) is 32.9 Å². The van der Waals surface area contributed by atoms with E-state index in [1.807, 2.05) is 31.2 Å². The SMILES string of the molecule is Cc1cc2c(Br)cccc2c(=O)[nH]1. The van der Waals surface area contributed by atoms with Crippen molar-refractivity contribution in [3.8, 4) is 0 Å².